The van der Waals surface area contributed by atoms with Gasteiger partial charge in [-0.25, -0.2) is 0 Å². The normalized spacial score (nSPS) is 28.4. The largest absolute Gasteiger partial charge is 0.342 e. The standard InChI is InChI=1S/C13H17NOS/c15-13(7-12-5-2-6-16-12)14-8-10-3-1-4-11(10)9-14/h2,5-6,10-11H,1,3-4,7-9H2. The number of hydrogen-bond acceptors (Lipinski definition) is 2. The topological polar surface area (TPSA) is 20.3 Å². The summed E-state index contributed by atoms with van der Waals surface area (Å²) in [4.78, 5) is 15.4. The smallest absolute Gasteiger partial charge is 0.227 e. The third-order valence-corrected chi connectivity index (χ3v) is 4.86. The molecule has 0 aromatic carbocycles. The summed E-state index contributed by atoms with van der Waals surface area (Å²) in [5.74, 6) is 1.96. The van der Waals surface area contributed by atoms with Crippen molar-refractivity contribution in [2.45, 2.75) is 25.7 Å². The first-order valence-electron chi connectivity index (χ1n) is 6.13. The van der Waals surface area contributed by atoms with Crippen molar-refractivity contribution in [3.8, 4) is 0 Å². The van der Waals surface area contributed by atoms with Gasteiger partial charge in [-0.2, -0.15) is 0 Å². The maximum Gasteiger partial charge on any atom is 0.227 e. The molecule has 1 aliphatic carbocycles. The van der Waals surface area contributed by atoms with Crippen LogP contribution in [0.15, 0.2) is 17.5 Å². The van der Waals surface area contributed by atoms with Crippen molar-refractivity contribution in [1.29, 1.82) is 0 Å². The summed E-state index contributed by atoms with van der Waals surface area (Å²) < 4.78 is 0. The zero-order valence-electron chi connectivity index (χ0n) is 9.39. The first kappa shape index (κ1) is 10.3. The number of rotatable bonds is 2. The van der Waals surface area contributed by atoms with Gasteiger partial charge in [0.05, 0.1) is 6.42 Å². The molecule has 3 heteroatoms. The van der Waals surface area contributed by atoms with Gasteiger partial charge in [0, 0.05) is 18.0 Å². The molecule has 16 heavy (non-hydrogen) atoms. The zero-order valence-corrected chi connectivity index (χ0v) is 10.2. The molecule has 1 aliphatic heterocycles. The van der Waals surface area contributed by atoms with Crippen molar-refractivity contribution >= 4 is 17.2 Å². The summed E-state index contributed by atoms with van der Waals surface area (Å²) in [7, 11) is 0. The molecule has 86 valence electrons. The Bertz CT molecular complexity index is 361. The third kappa shape index (κ3) is 1.88. The average Bonchev–Trinajstić information content (AvgIpc) is 2.91. The van der Waals surface area contributed by atoms with E-state index < -0.39 is 0 Å². The minimum absolute atomic E-state index is 0.330. The zero-order chi connectivity index (χ0) is 11.0. The SMILES string of the molecule is O=C(Cc1cccs1)N1CC2CCCC2C1. The van der Waals surface area contributed by atoms with Crippen LogP contribution in [0.2, 0.25) is 0 Å². The van der Waals surface area contributed by atoms with E-state index in [1.807, 2.05) is 11.4 Å². The van der Waals surface area contributed by atoms with Gasteiger partial charge in [0.2, 0.25) is 5.91 Å². The van der Waals surface area contributed by atoms with Crippen LogP contribution < -0.4 is 0 Å². The quantitative estimate of drug-likeness (QED) is 0.771. The van der Waals surface area contributed by atoms with Gasteiger partial charge in [-0.1, -0.05) is 12.5 Å². The Hall–Kier alpha value is -0.830. The molecule has 1 amide bonds. The number of carbonyl (C=O) groups is 1. The van der Waals surface area contributed by atoms with Crippen molar-refractivity contribution in [2.75, 3.05) is 13.1 Å². The van der Waals surface area contributed by atoms with Gasteiger partial charge >= 0.3 is 0 Å². The minimum atomic E-state index is 0.330. The molecule has 1 aromatic heterocycles. The van der Waals surface area contributed by atoms with Crippen molar-refractivity contribution in [3.63, 3.8) is 0 Å². The second-order valence-corrected chi connectivity index (χ2v) is 6.04. The molecule has 1 saturated heterocycles. The number of thiophene rings is 1. The van der Waals surface area contributed by atoms with Crippen molar-refractivity contribution < 1.29 is 4.79 Å². The number of likely N-dealkylation sites (tertiary alicyclic amines) is 1. The van der Waals surface area contributed by atoms with E-state index >= 15 is 0 Å². The van der Waals surface area contributed by atoms with Crippen LogP contribution in [0.25, 0.3) is 0 Å². The Balaban J connectivity index is 1.60. The van der Waals surface area contributed by atoms with Crippen molar-refractivity contribution in [2.24, 2.45) is 11.8 Å². The lowest BCUT2D eigenvalue weighted by Gasteiger charge is -2.16. The highest BCUT2D eigenvalue weighted by atomic mass is 32.1. The maximum atomic E-state index is 12.1. The maximum absolute atomic E-state index is 12.1. The second-order valence-electron chi connectivity index (χ2n) is 5.01. The Labute approximate surface area is 100 Å². The predicted molar refractivity (Wildman–Crippen MR) is 65.4 cm³/mol. The van der Waals surface area contributed by atoms with Crippen LogP contribution in [0, 0.1) is 11.8 Å². The number of hydrogen-bond donors (Lipinski definition) is 0. The molecule has 2 nitrogen and oxygen atoms in total. The van der Waals surface area contributed by atoms with E-state index in [-0.39, 0.29) is 0 Å². The summed E-state index contributed by atoms with van der Waals surface area (Å²) >= 11 is 1.68. The number of fused-ring (bicyclic) bond motifs is 1. The van der Waals surface area contributed by atoms with Gasteiger partial charge in [-0.3, -0.25) is 4.79 Å². The fourth-order valence-corrected chi connectivity index (χ4v) is 3.81. The Morgan fingerprint density at radius 1 is 1.38 bits per heavy atom. The average molecular weight is 235 g/mol. The summed E-state index contributed by atoms with van der Waals surface area (Å²) in [5, 5.41) is 2.04. The molecular weight excluding hydrogens is 218 g/mol. The van der Waals surface area contributed by atoms with Gasteiger partial charge in [0.15, 0.2) is 0 Å². The number of carbonyl (C=O) groups excluding carboxylic acids is 1. The molecule has 0 spiro atoms. The van der Waals surface area contributed by atoms with E-state index in [2.05, 4.69) is 11.0 Å². The molecular formula is C13H17NOS. The first-order chi connectivity index (χ1) is 7.83. The van der Waals surface area contributed by atoms with E-state index in [4.69, 9.17) is 0 Å². The van der Waals surface area contributed by atoms with E-state index in [9.17, 15) is 4.79 Å². The Kier molecular flexibility index (Phi) is 2.72. The molecule has 1 saturated carbocycles. The molecule has 1 aromatic rings. The minimum Gasteiger partial charge on any atom is -0.342 e. The molecule has 0 bridgehead atoms. The van der Waals surface area contributed by atoms with E-state index in [0.29, 0.717) is 12.3 Å². The van der Waals surface area contributed by atoms with E-state index in [1.165, 1.54) is 24.1 Å². The molecule has 2 fully saturated rings. The van der Waals surface area contributed by atoms with Gasteiger partial charge in [0.25, 0.3) is 0 Å². The van der Waals surface area contributed by atoms with Crippen LogP contribution >= 0.6 is 11.3 Å². The summed E-state index contributed by atoms with van der Waals surface area (Å²) in [5.41, 5.74) is 0. The van der Waals surface area contributed by atoms with Crippen LogP contribution in [0.4, 0.5) is 0 Å². The van der Waals surface area contributed by atoms with Crippen LogP contribution in [-0.2, 0) is 11.2 Å². The summed E-state index contributed by atoms with van der Waals surface area (Å²) in [6.45, 7) is 2.05. The molecule has 2 heterocycles. The third-order valence-electron chi connectivity index (χ3n) is 3.98. The molecule has 2 aliphatic rings. The first-order valence-corrected chi connectivity index (χ1v) is 7.01. The fraction of sp³-hybridized carbons (Fsp3) is 0.615. The van der Waals surface area contributed by atoms with Crippen LogP contribution in [0.1, 0.15) is 24.1 Å². The predicted octanol–water partition coefficient (Wildman–Crippen LogP) is 2.55. The highest BCUT2D eigenvalue weighted by molar-refractivity contribution is 7.10. The van der Waals surface area contributed by atoms with Crippen molar-refractivity contribution in [1.82, 2.24) is 4.90 Å². The molecule has 2 atom stereocenters. The lowest BCUT2D eigenvalue weighted by atomic mass is 10.0. The lowest BCUT2D eigenvalue weighted by molar-refractivity contribution is -0.129. The van der Waals surface area contributed by atoms with Crippen LogP contribution in [0.3, 0.4) is 0 Å². The summed E-state index contributed by atoms with van der Waals surface area (Å²) in [6.07, 6.45) is 4.67. The van der Waals surface area contributed by atoms with Crippen LogP contribution in [0.5, 0.6) is 0 Å². The molecule has 3 rings (SSSR count). The number of nitrogens with zero attached hydrogens (tertiary/aromatic N) is 1. The Morgan fingerprint density at radius 2 is 2.12 bits per heavy atom. The fourth-order valence-electron chi connectivity index (χ4n) is 3.11. The highest BCUT2D eigenvalue weighted by Gasteiger charge is 2.37. The number of amides is 1. The van der Waals surface area contributed by atoms with E-state index in [0.717, 1.165) is 24.9 Å². The molecule has 0 radical (unpaired) electrons. The molecule has 2 unspecified atom stereocenters. The van der Waals surface area contributed by atoms with E-state index in [1.54, 1.807) is 11.3 Å². The van der Waals surface area contributed by atoms with Gasteiger partial charge in [-0.15, -0.1) is 11.3 Å². The van der Waals surface area contributed by atoms with Gasteiger partial charge in [0.1, 0.15) is 0 Å². The van der Waals surface area contributed by atoms with Gasteiger partial charge in [-0.05, 0) is 36.1 Å². The summed E-state index contributed by atoms with van der Waals surface area (Å²) in [6, 6.07) is 4.07. The van der Waals surface area contributed by atoms with Gasteiger partial charge < -0.3 is 4.90 Å². The van der Waals surface area contributed by atoms with Crippen LogP contribution in [-0.4, -0.2) is 23.9 Å². The lowest BCUT2D eigenvalue weighted by Crippen LogP contribution is -2.30. The second kappa shape index (κ2) is 4.21. The molecule has 0 N–H and O–H groups in total. The highest BCUT2D eigenvalue weighted by Crippen LogP contribution is 2.37. The monoisotopic (exact) mass is 235 g/mol. The Morgan fingerprint density at radius 3 is 2.75 bits per heavy atom. The van der Waals surface area contributed by atoms with Crippen molar-refractivity contribution in [3.05, 3.63) is 22.4 Å².